The summed E-state index contributed by atoms with van der Waals surface area (Å²) >= 11 is 7.34. The number of fused-ring (bicyclic) bond motifs is 1. The zero-order valence-corrected chi connectivity index (χ0v) is 9.63. The van der Waals surface area contributed by atoms with Gasteiger partial charge < -0.3 is 5.11 Å². The molecule has 76 valence electrons. The van der Waals surface area contributed by atoms with E-state index in [1.165, 1.54) is 11.3 Å². The minimum absolute atomic E-state index is 0.0350. The first-order chi connectivity index (χ1) is 6.43. The molecular weight excluding hydrogens is 220 g/mol. The van der Waals surface area contributed by atoms with Gasteiger partial charge in [-0.25, -0.2) is 4.79 Å². The van der Waals surface area contributed by atoms with Crippen molar-refractivity contribution >= 4 is 28.9 Å². The van der Waals surface area contributed by atoms with Crippen LogP contribution < -0.4 is 0 Å². The molecule has 0 spiro atoms. The number of carboxylic acids is 1. The highest BCUT2D eigenvalue weighted by Gasteiger charge is 2.37. The fraction of sp³-hybridized carbons (Fsp3) is 0.500. The standard InChI is InChI=1S/C10H11ClO2S/c1-10(2)4-3-5-7(10)6(9(12)13)8(11)14-5/h3-4H2,1-2H3,(H,12,13). The van der Waals surface area contributed by atoms with E-state index in [-0.39, 0.29) is 5.41 Å². The van der Waals surface area contributed by atoms with Gasteiger partial charge in [0.1, 0.15) is 4.34 Å². The van der Waals surface area contributed by atoms with Gasteiger partial charge in [-0.3, -0.25) is 0 Å². The summed E-state index contributed by atoms with van der Waals surface area (Å²) in [6.07, 6.45) is 1.98. The Morgan fingerprint density at radius 1 is 1.57 bits per heavy atom. The Morgan fingerprint density at radius 3 is 2.79 bits per heavy atom. The van der Waals surface area contributed by atoms with Gasteiger partial charge in [-0.1, -0.05) is 25.4 Å². The average Bonchev–Trinajstić information content (AvgIpc) is 2.50. The van der Waals surface area contributed by atoms with Crippen LogP contribution in [0.25, 0.3) is 0 Å². The van der Waals surface area contributed by atoms with Crippen LogP contribution in [-0.4, -0.2) is 11.1 Å². The molecule has 2 nitrogen and oxygen atoms in total. The molecule has 1 aromatic rings. The van der Waals surface area contributed by atoms with Crippen LogP contribution in [0.3, 0.4) is 0 Å². The molecule has 2 rings (SSSR count). The molecule has 4 heteroatoms. The van der Waals surface area contributed by atoms with E-state index < -0.39 is 5.97 Å². The second-order valence-electron chi connectivity index (χ2n) is 4.24. The molecule has 0 aliphatic heterocycles. The van der Waals surface area contributed by atoms with Gasteiger partial charge in [-0.2, -0.15) is 0 Å². The highest BCUT2D eigenvalue weighted by molar-refractivity contribution is 7.16. The quantitative estimate of drug-likeness (QED) is 0.804. The number of aromatic carboxylic acids is 1. The van der Waals surface area contributed by atoms with Gasteiger partial charge in [0, 0.05) is 4.88 Å². The Bertz CT molecular complexity index is 406. The van der Waals surface area contributed by atoms with E-state index in [1.54, 1.807) is 0 Å². The second-order valence-corrected chi connectivity index (χ2v) is 5.95. The molecule has 1 aliphatic rings. The Kier molecular flexibility index (Phi) is 2.12. The maximum Gasteiger partial charge on any atom is 0.338 e. The molecule has 0 fully saturated rings. The van der Waals surface area contributed by atoms with Gasteiger partial charge in [0.15, 0.2) is 0 Å². The van der Waals surface area contributed by atoms with Crippen molar-refractivity contribution in [1.82, 2.24) is 0 Å². The van der Waals surface area contributed by atoms with Crippen molar-refractivity contribution in [3.63, 3.8) is 0 Å². The van der Waals surface area contributed by atoms with E-state index in [0.29, 0.717) is 9.90 Å². The third-order valence-corrected chi connectivity index (χ3v) is 4.26. The monoisotopic (exact) mass is 230 g/mol. The molecule has 0 aromatic carbocycles. The van der Waals surface area contributed by atoms with Crippen LogP contribution in [0.5, 0.6) is 0 Å². The van der Waals surface area contributed by atoms with E-state index in [2.05, 4.69) is 13.8 Å². The lowest BCUT2D eigenvalue weighted by Crippen LogP contribution is -2.15. The van der Waals surface area contributed by atoms with E-state index in [9.17, 15) is 4.79 Å². The molecule has 14 heavy (non-hydrogen) atoms. The van der Waals surface area contributed by atoms with Crippen LogP contribution in [0.4, 0.5) is 0 Å². The first-order valence-electron chi connectivity index (χ1n) is 4.48. The molecule has 0 bridgehead atoms. The molecule has 1 aliphatic carbocycles. The average molecular weight is 231 g/mol. The molecule has 0 amide bonds. The van der Waals surface area contributed by atoms with E-state index in [4.69, 9.17) is 16.7 Å². The van der Waals surface area contributed by atoms with Gasteiger partial charge in [-0.05, 0) is 23.8 Å². The van der Waals surface area contributed by atoms with Crippen molar-refractivity contribution < 1.29 is 9.90 Å². The van der Waals surface area contributed by atoms with Gasteiger partial charge in [0.25, 0.3) is 0 Å². The van der Waals surface area contributed by atoms with Crippen molar-refractivity contribution in [3.8, 4) is 0 Å². The largest absolute Gasteiger partial charge is 0.478 e. The van der Waals surface area contributed by atoms with Crippen LogP contribution in [-0.2, 0) is 11.8 Å². The second kappa shape index (κ2) is 2.97. The summed E-state index contributed by atoms with van der Waals surface area (Å²) in [7, 11) is 0. The van der Waals surface area contributed by atoms with Crippen molar-refractivity contribution in [1.29, 1.82) is 0 Å². The Morgan fingerprint density at radius 2 is 2.21 bits per heavy atom. The SMILES string of the molecule is CC1(C)CCc2sc(Cl)c(C(=O)O)c21. The third kappa shape index (κ3) is 1.27. The van der Waals surface area contributed by atoms with Crippen LogP contribution in [0.1, 0.15) is 41.1 Å². The maximum absolute atomic E-state index is 11.1. The van der Waals surface area contributed by atoms with Crippen LogP contribution in [0, 0.1) is 0 Å². The zero-order chi connectivity index (χ0) is 10.5. The predicted octanol–water partition coefficient (Wildman–Crippen LogP) is 3.32. The summed E-state index contributed by atoms with van der Waals surface area (Å²) in [4.78, 5) is 12.2. The lowest BCUT2D eigenvalue weighted by Gasteiger charge is -2.18. The maximum atomic E-state index is 11.1. The lowest BCUT2D eigenvalue weighted by atomic mass is 9.85. The molecule has 0 radical (unpaired) electrons. The molecule has 0 saturated carbocycles. The fourth-order valence-corrected chi connectivity index (χ4v) is 3.73. The number of halogens is 1. The zero-order valence-electron chi connectivity index (χ0n) is 8.06. The first-order valence-corrected chi connectivity index (χ1v) is 5.68. The minimum Gasteiger partial charge on any atom is -0.478 e. The molecule has 1 aromatic heterocycles. The third-order valence-electron chi connectivity index (χ3n) is 2.81. The van der Waals surface area contributed by atoms with Gasteiger partial charge in [-0.15, -0.1) is 11.3 Å². The van der Waals surface area contributed by atoms with E-state index >= 15 is 0 Å². The molecular formula is C10H11ClO2S. The van der Waals surface area contributed by atoms with Crippen molar-refractivity contribution in [3.05, 3.63) is 20.3 Å². The number of hydrogen-bond acceptors (Lipinski definition) is 2. The summed E-state index contributed by atoms with van der Waals surface area (Å²) < 4.78 is 0.426. The highest BCUT2D eigenvalue weighted by Crippen LogP contribution is 2.47. The minimum atomic E-state index is -0.900. The molecule has 0 unspecified atom stereocenters. The summed E-state index contributed by atoms with van der Waals surface area (Å²) in [5.41, 5.74) is 1.25. The Hall–Kier alpha value is -0.540. The van der Waals surface area contributed by atoms with E-state index in [1.807, 2.05) is 0 Å². The van der Waals surface area contributed by atoms with Gasteiger partial charge in [0.05, 0.1) is 5.56 Å². The fourth-order valence-electron chi connectivity index (χ4n) is 2.08. The summed E-state index contributed by atoms with van der Waals surface area (Å²) in [5, 5.41) is 9.07. The Balaban J connectivity index is 2.68. The smallest absolute Gasteiger partial charge is 0.338 e. The van der Waals surface area contributed by atoms with Gasteiger partial charge >= 0.3 is 5.97 Å². The highest BCUT2D eigenvalue weighted by atomic mass is 35.5. The summed E-state index contributed by atoms with van der Waals surface area (Å²) in [5.74, 6) is -0.900. The number of thiophene rings is 1. The molecule has 0 saturated heterocycles. The number of rotatable bonds is 1. The molecule has 1 N–H and O–H groups in total. The topological polar surface area (TPSA) is 37.3 Å². The summed E-state index contributed by atoms with van der Waals surface area (Å²) in [6.45, 7) is 4.16. The van der Waals surface area contributed by atoms with Crippen LogP contribution >= 0.6 is 22.9 Å². The molecule has 0 atom stereocenters. The summed E-state index contributed by atoms with van der Waals surface area (Å²) in [6, 6.07) is 0. The first kappa shape index (κ1) is 9.99. The normalized spacial score (nSPS) is 18.2. The lowest BCUT2D eigenvalue weighted by molar-refractivity contribution is 0.0695. The number of carboxylic acid groups (broad SMARTS) is 1. The number of hydrogen-bond donors (Lipinski definition) is 1. The van der Waals surface area contributed by atoms with Crippen LogP contribution in [0.15, 0.2) is 0 Å². The Labute approximate surface area is 91.5 Å². The van der Waals surface area contributed by atoms with Crippen molar-refractivity contribution in [2.45, 2.75) is 32.1 Å². The number of carbonyl (C=O) groups is 1. The predicted molar refractivity (Wildman–Crippen MR) is 57.6 cm³/mol. The van der Waals surface area contributed by atoms with Crippen LogP contribution in [0.2, 0.25) is 4.34 Å². The number of aryl methyl sites for hydroxylation is 1. The van der Waals surface area contributed by atoms with E-state index in [0.717, 1.165) is 23.3 Å². The molecule has 1 heterocycles. The van der Waals surface area contributed by atoms with Crippen molar-refractivity contribution in [2.75, 3.05) is 0 Å². The van der Waals surface area contributed by atoms with Gasteiger partial charge in [0.2, 0.25) is 0 Å². The van der Waals surface area contributed by atoms with Crippen molar-refractivity contribution in [2.24, 2.45) is 0 Å².